The Morgan fingerprint density at radius 3 is 2.38 bits per heavy atom. The predicted octanol–water partition coefficient (Wildman–Crippen LogP) is 1.71. The van der Waals surface area contributed by atoms with Crippen LogP contribution in [0.15, 0.2) is 10.3 Å². The first kappa shape index (κ1) is 10.4. The zero-order valence-corrected chi connectivity index (χ0v) is 8.74. The molecule has 72 valence electrons. The molecule has 0 aliphatic carbocycles. The molecule has 0 radical (unpaired) electrons. The molecule has 0 aromatic carbocycles. The van der Waals surface area contributed by atoms with Gasteiger partial charge in [-0.3, -0.25) is 10.1 Å². The highest BCUT2D eigenvalue weighted by molar-refractivity contribution is 7.92. The van der Waals surface area contributed by atoms with Crippen molar-refractivity contribution in [2.75, 3.05) is 6.26 Å². The summed E-state index contributed by atoms with van der Waals surface area (Å²) in [7, 11) is -3.41. The number of nitro groups is 1. The zero-order chi connectivity index (χ0) is 10.2. The lowest BCUT2D eigenvalue weighted by atomic mass is 10.6. The SMILES string of the molecule is CS(=O)(=O)c1cc([N+](=O)[O-])c(Cl)s1. The van der Waals surface area contributed by atoms with Crippen LogP contribution in [0.3, 0.4) is 0 Å². The molecule has 0 bridgehead atoms. The van der Waals surface area contributed by atoms with Gasteiger partial charge in [0.25, 0.3) is 5.69 Å². The van der Waals surface area contributed by atoms with Gasteiger partial charge in [-0.1, -0.05) is 11.6 Å². The van der Waals surface area contributed by atoms with Crippen LogP contribution in [0, 0.1) is 10.1 Å². The molecule has 0 aliphatic heterocycles. The molecule has 13 heavy (non-hydrogen) atoms. The van der Waals surface area contributed by atoms with Crippen LogP contribution in [0.2, 0.25) is 4.34 Å². The first-order valence-electron chi connectivity index (χ1n) is 2.96. The Morgan fingerprint density at radius 1 is 1.62 bits per heavy atom. The van der Waals surface area contributed by atoms with Crippen LogP contribution in [0.4, 0.5) is 5.69 Å². The minimum atomic E-state index is -3.41. The van der Waals surface area contributed by atoms with E-state index in [0.29, 0.717) is 11.3 Å². The Bertz CT molecular complexity index is 449. The minimum Gasteiger partial charge on any atom is -0.258 e. The maximum absolute atomic E-state index is 11.0. The van der Waals surface area contributed by atoms with Gasteiger partial charge in [0.15, 0.2) is 14.2 Å². The predicted molar refractivity (Wildman–Crippen MR) is 49.1 cm³/mol. The summed E-state index contributed by atoms with van der Waals surface area (Å²) in [5.74, 6) is 0. The molecule has 0 fully saturated rings. The smallest absolute Gasteiger partial charge is 0.258 e. The van der Waals surface area contributed by atoms with Gasteiger partial charge in [-0.25, -0.2) is 8.42 Å². The number of hydrogen-bond acceptors (Lipinski definition) is 5. The van der Waals surface area contributed by atoms with Crippen molar-refractivity contribution in [3.63, 3.8) is 0 Å². The fourth-order valence-electron chi connectivity index (χ4n) is 0.646. The topological polar surface area (TPSA) is 77.3 Å². The standard InChI is InChI=1S/C5H4ClNO4S2/c1-13(10,11)4-2-3(7(8)9)5(6)12-4/h2H,1H3. The lowest BCUT2D eigenvalue weighted by Gasteiger charge is -1.86. The molecule has 0 saturated carbocycles. The highest BCUT2D eigenvalue weighted by Crippen LogP contribution is 2.35. The number of rotatable bonds is 2. The summed E-state index contributed by atoms with van der Waals surface area (Å²) in [6.07, 6.45) is 0.971. The maximum atomic E-state index is 11.0. The first-order chi connectivity index (χ1) is 5.82. The number of nitrogens with zero attached hydrogens (tertiary/aromatic N) is 1. The van der Waals surface area contributed by atoms with Crippen LogP contribution in [0.1, 0.15) is 0 Å². The van der Waals surface area contributed by atoms with E-state index in [2.05, 4.69) is 0 Å². The lowest BCUT2D eigenvalue weighted by Crippen LogP contribution is -1.92. The van der Waals surface area contributed by atoms with Gasteiger partial charge in [0.05, 0.1) is 4.92 Å². The second-order valence-electron chi connectivity index (χ2n) is 2.25. The van der Waals surface area contributed by atoms with Gasteiger partial charge in [-0.15, -0.1) is 11.3 Å². The van der Waals surface area contributed by atoms with Crippen LogP contribution >= 0.6 is 22.9 Å². The summed E-state index contributed by atoms with van der Waals surface area (Å²) in [6.45, 7) is 0. The summed E-state index contributed by atoms with van der Waals surface area (Å²) >= 11 is 6.14. The van der Waals surface area contributed by atoms with Crippen LogP contribution in [0.25, 0.3) is 0 Å². The van der Waals surface area contributed by atoms with E-state index >= 15 is 0 Å². The van der Waals surface area contributed by atoms with E-state index in [1.54, 1.807) is 0 Å². The van der Waals surface area contributed by atoms with Crippen LogP contribution in [-0.2, 0) is 9.84 Å². The van der Waals surface area contributed by atoms with Crippen molar-refractivity contribution in [3.05, 3.63) is 20.5 Å². The van der Waals surface area contributed by atoms with Crippen molar-refractivity contribution in [1.29, 1.82) is 0 Å². The van der Waals surface area contributed by atoms with Crippen LogP contribution in [-0.4, -0.2) is 19.6 Å². The molecule has 0 amide bonds. The van der Waals surface area contributed by atoms with E-state index in [0.717, 1.165) is 12.3 Å². The fourth-order valence-corrected chi connectivity index (χ4v) is 2.92. The highest BCUT2D eigenvalue weighted by atomic mass is 35.5. The van der Waals surface area contributed by atoms with Gasteiger partial charge < -0.3 is 0 Å². The Hall–Kier alpha value is -0.660. The Labute approximate surface area is 83.0 Å². The average molecular weight is 242 g/mol. The van der Waals surface area contributed by atoms with Gasteiger partial charge >= 0.3 is 0 Å². The molecule has 0 unspecified atom stereocenters. The van der Waals surface area contributed by atoms with Crippen molar-refractivity contribution < 1.29 is 13.3 Å². The third kappa shape index (κ3) is 2.17. The van der Waals surface area contributed by atoms with Gasteiger partial charge in [0.1, 0.15) is 4.21 Å². The molecule has 0 N–H and O–H groups in total. The molecular formula is C5H4ClNO4S2. The fraction of sp³-hybridized carbons (Fsp3) is 0.200. The van der Waals surface area contributed by atoms with Gasteiger partial charge in [0.2, 0.25) is 0 Å². The first-order valence-corrected chi connectivity index (χ1v) is 6.04. The van der Waals surface area contributed by atoms with E-state index in [9.17, 15) is 18.5 Å². The Morgan fingerprint density at radius 2 is 2.15 bits per heavy atom. The Kier molecular flexibility index (Phi) is 2.60. The van der Waals surface area contributed by atoms with Gasteiger partial charge in [-0.2, -0.15) is 0 Å². The average Bonchev–Trinajstić information content (AvgIpc) is 2.29. The largest absolute Gasteiger partial charge is 0.300 e. The van der Waals surface area contributed by atoms with Crippen molar-refractivity contribution in [1.82, 2.24) is 0 Å². The summed E-state index contributed by atoms with van der Waals surface area (Å²) in [5.41, 5.74) is -0.368. The van der Waals surface area contributed by atoms with E-state index in [1.807, 2.05) is 0 Å². The second-order valence-corrected chi connectivity index (χ2v) is 6.15. The molecule has 1 aromatic rings. The molecule has 0 atom stereocenters. The normalized spacial score (nSPS) is 11.5. The number of sulfone groups is 1. The molecule has 1 heterocycles. The van der Waals surface area contributed by atoms with Gasteiger partial charge in [-0.05, 0) is 0 Å². The summed E-state index contributed by atoms with van der Waals surface area (Å²) in [5, 5.41) is 10.3. The molecule has 5 nitrogen and oxygen atoms in total. The molecule has 0 spiro atoms. The number of hydrogen-bond donors (Lipinski definition) is 0. The Balaban J connectivity index is 3.33. The number of thiophene rings is 1. The van der Waals surface area contributed by atoms with Crippen molar-refractivity contribution >= 4 is 38.5 Å². The van der Waals surface area contributed by atoms with Crippen LogP contribution < -0.4 is 0 Å². The summed E-state index contributed by atoms with van der Waals surface area (Å²) in [4.78, 5) is 9.58. The van der Waals surface area contributed by atoms with Crippen molar-refractivity contribution in [3.8, 4) is 0 Å². The zero-order valence-electron chi connectivity index (χ0n) is 6.35. The van der Waals surface area contributed by atoms with Gasteiger partial charge in [0, 0.05) is 12.3 Å². The monoisotopic (exact) mass is 241 g/mol. The van der Waals surface area contributed by atoms with Crippen molar-refractivity contribution in [2.45, 2.75) is 4.21 Å². The maximum Gasteiger partial charge on any atom is 0.300 e. The number of halogens is 1. The molecule has 8 heteroatoms. The van der Waals surface area contributed by atoms with E-state index in [-0.39, 0.29) is 14.2 Å². The van der Waals surface area contributed by atoms with Crippen LogP contribution in [0.5, 0.6) is 0 Å². The molecule has 0 saturated heterocycles. The summed E-state index contributed by atoms with van der Waals surface area (Å²) < 4.78 is 21.7. The summed E-state index contributed by atoms with van der Waals surface area (Å²) in [6, 6.07) is 0.961. The quantitative estimate of drug-likeness (QED) is 0.583. The van der Waals surface area contributed by atoms with Crippen molar-refractivity contribution in [2.24, 2.45) is 0 Å². The molecule has 1 aromatic heterocycles. The molecule has 0 aliphatic rings. The second kappa shape index (κ2) is 3.24. The van der Waals surface area contributed by atoms with E-state index in [4.69, 9.17) is 11.6 Å². The highest BCUT2D eigenvalue weighted by Gasteiger charge is 2.21. The molecule has 1 rings (SSSR count). The van der Waals surface area contributed by atoms with E-state index < -0.39 is 14.8 Å². The van der Waals surface area contributed by atoms with E-state index in [1.165, 1.54) is 0 Å². The molecular weight excluding hydrogens is 238 g/mol. The lowest BCUT2D eigenvalue weighted by molar-refractivity contribution is -0.384. The third-order valence-corrected chi connectivity index (χ3v) is 4.35. The third-order valence-electron chi connectivity index (χ3n) is 1.21. The minimum absolute atomic E-state index is 0.0933.